The van der Waals surface area contributed by atoms with Crippen LogP contribution in [0.25, 0.3) is 0 Å². The van der Waals surface area contributed by atoms with Gasteiger partial charge in [0, 0.05) is 12.8 Å². The van der Waals surface area contributed by atoms with Gasteiger partial charge >= 0.3 is 19.8 Å². The number of phosphoric ester groups is 1. The summed E-state index contributed by atoms with van der Waals surface area (Å²) in [6, 6.07) is 0. The maximum absolute atomic E-state index is 12.6. The van der Waals surface area contributed by atoms with E-state index >= 15 is 0 Å². The van der Waals surface area contributed by atoms with Crippen LogP contribution in [0.3, 0.4) is 0 Å². The van der Waals surface area contributed by atoms with Gasteiger partial charge in [-0.05, 0) is 83.5 Å². The number of hydrogen-bond acceptors (Lipinski definition) is 10. The van der Waals surface area contributed by atoms with Crippen LogP contribution in [-0.2, 0) is 32.7 Å². The van der Waals surface area contributed by atoms with Crippen molar-refractivity contribution in [3.63, 3.8) is 0 Å². The number of ether oxygens (including phenoxy) is 2. The fourth-order valence-electron chi connectivity index (χ4n) is 5.57. The van der Waals surface area contributed by atoms with Gasteiger partial charge < -0.3 is 29.7 Å². The quantitative estimate of drug-likeness (QED) is 0.0152. The second-order valence-corrected chi connectivity index (χ2v) is 16.4. The first-order valence-electron chi connectivity index (χ1n) is 22.7. The van der Waals surface area contributed by atoms with Gasteiger partial charge in [-0.3, -0.25) is 18.6 Å². The highest BCUT2D eigenvalue weighted by Gasteiger charge is 2.27. The molecule has 0 aliphatic carbocycles. The minimum atomic E-state index is -4.68. The highest BCUT2D eigenvalue weighted by Crippen LogP contribution is 2.43. The van der Waals surface area contributed by atoms with Crippen LogP contribution >= 0.6 is 7.82 Å². The highest BCUT2D eigenvalue weighted by atomic mass is 31.2. The number of aliphatic hydroxyl groups is 3. The summed E-state index contributed by atoms with van der Waals surface area (Å²) in [5, 5.41) is 28.6. The number of esters is 2. The Hall–Kier alpha value is -2.89. The number of allylic oxidation sites excluding steroid dienone is 13. The molecule has 0 saturated carbocycles. The van der Waals surface area contributed by atoms with Crippen molar-refractivity contribution in [2.75, 3.05) is 26.4 Å². The molecule has 0 aliphatic heterocycles. The van der Waals surface area contributed by atoms with E-state index in [1.54, 1.807) is 12.2 Å². The van der Waals surface area contributed by atoms with E-state index in [-0.39, 0.29) is 12.8 Å². The fourth-order valence-corrected chi connectivity index (χ4v) is 6.36. The van der Waals surface area contributed by atoms with Crippen molar-refractivity contribution in [1.29, 1.82) is 0 Å². The minimum absolute atomic E-state index is 0.0516. The van der Waals surface area contributed by atoms with Gasteiger partial charge in [-0.1, -0.05) is 150 Å². The molecular weight excluding hydrogens is 783 g/mol. The van der Waals surface area contributed by atoms with Gasteiger partial charge in [0.1, 0.15) is 12.7 Å². The molecule has 344 valence electrons. The molecule has 0 bridgehead atoms. The van der Waals surface area contributed by atoms with Crippen LogP contribution in [0.5, 0.6) is 0 Å². The molecule has 12 heteroatoms. The van der Waals surface area contributed by atoms with Crippen LogP contribution in [-0.4, -0.2) is 76.9 Å². The third-order valence-corrected chi connectivity index (χ3v) is 10.1. The molecule has 60 heavy (non-hydrogen) atoms. The van der Waals surface area contributed by atoms with Crippen molar-refractivity contribution in [3.8, 4) is 0 Å². The van der Waals surface area contributed by atoms with E-state index in [0.29, 0.717) is 19.3 Å². The lowest BCUT2D eigenvalue weighted by atomic mass is 10.1. The smallest absolute Gasteiger partial charge is 0.462 e. The number of hydrogen-bond donors (Lipinski definition) is 4. The zero-order valence-electron chi connectivity index (χ0n) is 37.0. The molecule has 0 aromatic carbocycles. The summed E-state index contributed by atoms with van der Waals surface area (Å²) in [5.41, 5.74) is 0. The predicted molar refractivity (Wildman–Crippen MR) is 243 cm³/mol. The van der Waals surface area contributed by atoms with Crippen molar-refractivity contribution in [3.05, 3.63) is 85.1 Å². The number of rotatable bonds is 41. The molecule has 0 heterocycles. The molecule has 0 rings (SSSR count). The molecule has 0 aromatic heterocycles. The predicted octanol–water partition coefficient (Wildman–Crippen LogP) is 11.2. The average Bonchev–Trinajstić information content (AvgIpc) is 3.23. The van der Waals surface area contributed by atoms with Crippen molar-refractivity contribution in [1.82, 2.24) is 0 Å². The highest BCUT2D eigenvalue weighted by molar-refractivity contribution is 7.47. The van der Waals surface area contributed by atoms with Crippen LogP contribution in [0, 0.1) is 0 Å². The van der Waals surface area contributed by atoms with Gasteiger partial charge in [0.05, 0.1) is 25.9 Å². The molecule has 0 saturated heterocycles. The summed E-state index contributed by atoms with van der Waals surface area (Å²) in [4.78, 5) is 35.0. The topological polar surface area (TPSA) is 169 Å². The monoisotopic (exact) mass is 865 g/mol. The molecule has 0 radical (unpaired) electrons. The first kappa shape index (κ1) is 57.1. The van der Waals surface area contributed by atoms with Gasteiger partial charge in [0.15, 0.2) is 6.10 Å². The number of carbonyl (C=O) groups excluding carboxylic acids is 2. The van der Waals surface area contributed by atoms with E-state index in [2.05, 4.69) is 79.1 Å². The lowest BCUT2D eigenvalue weighted by Gasteiger charge is -2.20. The van der Waals surface area contributed by atoms with Crippen molar-refractivity contribution in [2.45, 2.75) is 180 Å². The standard InChI is InChI=1S/C48H81O11P/c1-3-5-7-9-11-13-15-17-18-19-20-21-22-24-26-28-30-32-34-38-47(52)56-42-46(43-58-60(54,55)57-41-45(51)40-49)59-48(53)39-35-37-44(50)36-33-31-29-27-25-23-16-14-12-10-8-6-4-2/h11,13,17-18,20-21,23-26,29,31,33,36,44-46,49-51H,3-10,12,14-16,19,22,27-28,30,32,34-35,37-43H2,1-2H3,(H,54,55)/b13-11-,18-17-,21-20-,25-23+,26-24-,31-29+,36-33+/t44?,45-,46+/m0/s1. The summed E-state index contributed by atoms with van der Waals surface area (Å²) in [6.45, 7) is 2.08. The maximum Gasteiger partial charge on any atom is 0.472 e. The van der Waals surface area contributed by atoms with E-state index in [1.807, 2.05) is 12.2 Å². The molecular formula is C48H81O11P. The van der Waals surface area contributed by atoms with Crippen LogP contribution in [0.4, 0.5) is 0 Å². The van der Waals surface area contributed by atoms with E-state index in [9.17, 15) is 29.3 Å². The van der Waals surface area contributed by atoms with Gasteiger partial charge in [0.2, 0.25) is 0 Å². The summed E-state index contributed by atoms with van der Waals surface area (Å²) in [6.07, 6.45) is 47.2. The number of phosphoric acid groups is 1. The largest absolute Gasteiger partial charge is 0.472 e. The molecule has 0 aromatic rings. The number of carbonyl (C=O) groups is 2. The maximum atomic E-state index is 12.6. The van der Waals surface area contributed by atoms with Crippen molar-refractivity contribution < 1.29 is 52.9 Å². The van der Waals surface area contributed by atoms with Gasteiger partial charge in [0.25, 0.3) is 0 Å². The van der Waals surface area contributed by atoms with Gasteiger partial charge in [-0.25, -0.2) is 4.57 Å². The summed E-state index contributed by atoms with van der Waals surface area (Å²) >= 11 is 0. The Bertz CT molecular complexity index is 1290. The summed E-state index contributed by atoms with van der Waals surface area (Å²) in [5.74, 6) is -1.17. The minimum Gasteiger partial charge on any atom is -0.462 e. The molecule has 0 amide bonds. The zero-order valence-corrected chi connectivity index (χ0v) is 37.9. The first-order chi connectivity index (χ1) is 29.1. The molecule has 0 spiro atoms. The Morgan fingerprint density at radius 3 is 1.65 bits per heavy atom. The molecule has 2 unspecified atom stereocenters. The van der Waals surface area contributed by atoms with E-state index in [1.165, 1.54) is 64.2 Å². The van der Waals surface area contributed by atoms with E-state index in [0.717, 1.165) is 51.4 Å². The Morgan fingerprint density at radius 2 is 1.05 bits per heavy atom. The zero-order chi connectivity index (χ0) is 44.2. The van der Waals surface area contributed by atoms with Crippen molar-refractivity contribution in [2.24, 2.45) is 0 Å². The Balaban J connectivity index is 4.53. The lowest BCUT2D eigenvalue weighted by molar-refractivity contribution is -0.161. The Labute approximate surface area is 363 Å². The van der Waals surface area contributed by atoms with E-state index in [4.69, 9.17) is 19.1 Å². The summed E-state index contributed by atoms with van der Waals surface area (Å²) < 4.78 is 32.6. The number of aliphatic hydroxyl groups excluding tert-OH is 3. The Kier molecular flexibility index (Phi) is 40.7. The fraction of sp³-hybridized carbons (Fsp3) is 0.667. The van der Waals surface area contributed by atoms with Crippen LogP contribution in [0.2, 0.25) is 0 Å². The molecule has 0 aliphatic rings. The first-order valence-corrected chi connectivity index (χ1v) is 24.1. The second-order valence-electron chi connectivity index (χ2n) is 14.9. The van der Waals surface area contributed by atoms with Gasteiger partial charge in [-0.2, -0.15) is 0 Å². The second kappa shape index (κ2) is 42.8. The molecule has 4 N–H and O–H groups in total. The van der Waals surface area contributed by atoms with Gasteiger partial charge in [-0.15, -0.1) is 0 Å². The third-order valence-electron chi connectivity index (χ3n) is 9.13. The molecule has 11 nitrogen and oxygen atoms in total. The molecule has 4 atom stereocenters. The van der Waals surface area contributed by atoms with Crippen molar-refractivity contribution >= 4 is 19.8 Å². The summed E-state index contributed by atoms with van der Waals surface area (Å²) in [7, 11) is -4.68. The third kappa shape index (κ3) is 41.8. The molecule has 0 fully saturated rings. The Morgan fingerprint density at radius 1 is 0.567 bits per heavy atom. The van der Waals surface area contributed by atoms with Crippen LogP contribution in [0.15, 0.2) is 85.1 Å². The lowest BCUT2D eigenvalue weighted by Crippen LogP contribution is -2.30. The average molecular weight is 865 g/mol. The number of unbranched alkanes of at least 4 members (excludes halogenated alkanes) is 12. The van der Waals surface area contributed by atoms with E-state index < -0.39 is 64.5 Å². The normalized spacial score (nSPS) is 15.1. The SMILES string of the molecule is CCCCC/C=C\C/C=C\C/C=C\C/C=C\CCCCCC(=O)OC[C@H](COP(=O)(O)OC[C@@H](O)CO)OC(=O)CCCC(O)/C=C/C=C/C/C=C/CCCCCCCC. The van der Waals surface area contributed by atoms with Crippen LogP contribution in [0.1, 0.15) is 162 Å². The van der Waals surface area contributed by atoms with Crippen LogP contribution < -0.4 is 0 Å².